The molecule has 0 N–H and O–H groups in total. The van der Waals surface area contributed by atoms with Crippen LogP contribution >= 0.6 is 0 Å². The molecule has 1 saturated heterocycles. The first-order valence-electron chi connectivity index (χ1n) is 7.88. The molecule has 21 heavy (non-hydrogen) atoms. The zero-order valence-corrected chi connectivity index (χ0v) is 13.0. The molecule has 1 aromatic rings. The number of piperazine rings is 1. The number of hydrogen-bond acceptors (Lipinski definition) is 2. The van der Waals surface area contributed by atoms with Gasteiger partial charge in [0.25, 0.3) is 0 Å². The highest BCUT2D eigenvalue weighted by Gasteiger charge is 2.22. The van der Waals surface area contributed by atoms with Gasteiger partial charge in [-0.05, 0) is 30.2 Å². The highest BCUT2D eigenvalue weighted by molar-refractivity contribution is 5.76. The Balaban J connectivity index is 1.82. The highest BCUT2D eigenvalue weighted by Crippen LogP contribution is 2.18. The van der Waals surface area contributed by atoms with Gasteiger partial charge in [-0.15, -0.1) is 0 Å². The van der Waals surface area contributed by atoms with Gasteiger partial charge in [0.2, 0.25) is 5.91 Å². The Morgan fingerprint density at radius 1 is 1.19 bits per heavy atom. The van der Waals surface area contributed by atoms with Gasteiger partial charge < -0.3 is 9.80 Å². The van der Waals surface area contributed by atoms with Crippen molar-refractivity contribution in [1.82, 2.24) is 4.90 Å². The number of rotatable bonds is 5. The molecule has 1 heterocycles. The second-order valence-corrected chi connectivity index (χ2v) is 5.94. The van der Waals surface area contributed by atoms with Crippen molar-refractivity contribution in [2.24, 2.45) is 5.92 Å². The fraction of sp³-hybridized carbons (Fsp3) is 0.588. The van der Waals surface area contributed by atoms with Crippen LogP contribution in [0.3, 0.4) is 0 Å². The summed E-state index contributed by atoms with van der Waals surface area (Å²) in [4.78, 5) is 16.4. The van der Waals surface area contributed by atoms with E-state index in [4.69, 9.17) is 0 Å². The lowest BCUT2D eigenvalue weighted by atomic mass is 10.0. The summed E-state index contributed by atoms with van der Waals surface area (Å²) in [6.07, 6.45) is 2.90. The lowest BCUT2D eigenvalue weighted by Crippen LogP contribution is -2.49. The summed E-state index contributed by atoms with van der Waals surface area (Å²) in [7, 11) is 0. The van der Waals surface area contributed by atoms with E-state index in [1.807, 2.05) is 4.90 Å². The van der Waals surface area contributed by atoms with E-state index in [1.54, 1.807) is 12.1 Å². The minimum Gasteiger partial charge on any atom is -0.368 e. The molecule has 4 heteroatoms. The molecule has 0 aromatic heterocycles. The number of benzene rings is 1. The van der Waals surface area contributed by atoms with E-state index in [9.17, 15) is 9.18 Å². The Labute approximate surface area is 126 Å². The molecule has 1 aliphatic rings. The molecule has 1 fully saturated rings. The maximum Gasteiger partial charge on any atom is 0.222 e. The monoisotopic (exact) mass is 292 g/mol. The molecule has 0 spiro atoms. The average Bonchev–Trinajstić information content (AvgIpc) is 2.48. The first kappa shape index (κ1) is 15.8. The lowest BCUT2D eigenvalue weighted by molar-refractivity contribution is -0.132. The van der Waals surface area contributed by atoms with E-state index in [2.05, 4.69) is 18.7 Å². The van der Waals surface area contributed by atoms with Crippen LogP contribution in [0.2, 0.25) is 0 Å². The van der Waals surface area contributed by atoms with Crippen molar-refractivity contribution in [3.05, 3.63) is 30.1 Å². The molecule has 0 radical (unpaired) electrons. The van der Waals surface area contributed by atoms with Crippen molar-refractivity contribution in [3.8, 4) is 0 Å². The van der Waals surface area contributed by atoms with Crippen LogP contribution in [0, 0.1) is 11.7 Å². The molecule has 0 aliphatic carbocycles. The number of carbonyl (C=O) groups excluding carboxylic acids is 1. The maximum absolute atomic E-state index is 12.9. The summed E-state index contributed by atoms with van der Waals surface area (Å²) in [5.41, 5.74) is 1.03. The van der Waals surface area contributed by atoms with Crippen LogP contribution in [0.15, 0.2) is 24.3 Å². The minimum atomic E-state index is -0.211. The van der Waals surface area contributed by atoms with Gasteiger partial charge in [0, 0.05) is 38.3 Å². The van der Waals surface area contributed by atoms with E-state index in [-0.39, 0.29) is 11.7 Å². The van der Waals surface area contributed by atoms with Gasteiger partial charge in [-0.1, -0.05) is 26.7 Å². The van der Waals surface area contributed by atoms with E-state index >= 15 is 0 Å². The van der Waals surface area contributed by atoms with Crippen molar-refractivity contribution in [2.45, 2.75) is 33.1 Å². The average molecular weight is 292 g/mol. The largest absolute Gasteiger partial charge is 0.368 e. The van der Waals surface area contributed by atoms with Crippen LogP contribution in [0.1, 0.15) is 33.1 Å². The summed E-state index contributed by atoms with van der Waals surface area (Å²) in [5.74, 6) is 0.532. The van der Waals surface area contributed by atoms with Crippen LogP contribution in [0.5, 0.6) is 0 Å². The van der Waals surface area contributed by atoms with Crippen molar-refractivity contribution in [2.75, 3.05) is 31.1 Å². The zero-order valence-electron chi connectivity index (χ0n) is 13.0. The topological polar surface area (TPSA) is 23.6 Å². The van der Waals surface area contributed by atoms with Gasteiger partial charge in [0.15, 0.2) is 0 Å². The van der Waals surface area contributed by atoms with Crippen LogP contribution < -0.4 is 4.90 Å². The summed E-state index contributed by atoms with van der Waals surface area (Å²) >= 11 is 0. The number of halogens is 1. The highest BCUT2D eigenvalue weighted by atomic mass is 19.1. The molecule has 1 amide bonds. The predicted octanol–water partition coefficient (Wildman–Crippen LogP) is 3.30. The molecule has 3 nitrogen and oxygen atoms in total. The Hall–Kier alpha value is -1.58. The second-order valence-electron chi connectivity index (χ2n) is 5.94. The summed E-state index contributed by atoms with van der Waals surface area (Å²) < 4.78 is 12.9. The first-order valence-corrected chi connectivity index (χ1v) is 7.88. The number of hydrogen-bond donors (Lipinski definition) is 0. The van der Waals surface area contributed by atoms with Crippen LogP contribution in [0.4, 0.5) is 10.1 Å². The van der Waals surface area contributed by atoms with Crippen LogP contribution in [-0.2, 0) is 4.79 Å². The van der Waals surface area contributed by atoms with E-state index in [0.717, 1.165) is 44.7 Å². The Bertz CT molecular complexity index is 452. The summed E-state index contributed by atoms with van der Waals surface area (Å²) in [5, 5.41) is 0. The molecular formula is C17H25FN2O. The fourth-order valence-electron chi connectivity index (χ4n) is 2.89. The van der Waals surface area contributed by atoms with Crippen molar-refractivity contribution >= 4 is 11.6 Å². The number of nitrogens with zero attached hydrogens (tertiary/aromatic N) is 2. The van der Waals surface area contributed by atoms with Gasteiger partial charge in [0.1, 0.15) is 5.82 Å². The van der Waals surface area contributed by atoms with Gasteiger partial charge >= 0.3 is 0 Å². The normalized spacial score (nSPS) is 16.9. The van der Waals surface area contributed by atoms with Gasteiger partial charge in [-0.3, -0.25) is 4.79 Å². The van der Waals surface area contributed by atoms with Gasteiger partial charge in [-0.2, -0.15) is 0 Å². The first-order chi connectivity index (χ1) is 10.1. The predicted molar refractivity (Wildman–Crippen MR) is 83.9 cm³/mol. The molecule has 0 bridgehead atoms. The third-order valence-electron chi connectivity index (χ3n) is 4.13. The minimum absolute atomic E-state index is 0.211. The van der Waals surface area contributed by atoms with Crippen LogP contribution in [0.25, 0.3) is 0 Å². The van der Waals surface area contributed by atoms with E-state index in [0.29, 0.717) is 12.3 Å². The third-order valence-corrected chi connectivity index (χ3v) is 4.13. The van der Waals surface area contributed by atoms with E-state index < -0.39 is 0 Å². The standard InChI is InChI=1S/C17H25FN2O/c1-3-4-14(2)13-17(21)20-11-9-19(10-12-20)16-7-5-15(18)6-8-16/h5-8,14H,3-4,9-13H2,1-2H3. The number of anilines is 1. The summed E-state index contributed by atoms with van der Waals surface area (Å²) in [6.45, 7) is 7.46. The van der Waals surface area contributed by atoms with Crippen molar-refractivity contribution in [3.63, 3.8) is 0 Å². The van der Waals surface area contributed by atoms with Crippen molar-refractivity contribution in [1.29, 1.82) is 0 Å². The SMILES string of the molecule is CCCC(C)CC(=O)N1CCN(c2ccc(F)cc2)CC1. The second kappa shape index (κ2) is 7.43. The quantitative estimate of drug-likeness (QED) is 0.831. The Morgan fingerprint density at radius 2 is 1.81 bits per heavy atom. The smallest absolute Gasteiger partial charge is 0.222 e. The molecule has 116 valence electrons. The maximum atomic E-state index is 12.9. The fourth-order valence-corrected chi connectivity index (χ4v) is 2.89. The zero-order chi connectivity index (χ0) is 15.2. The molecular weight excluding hydrogens is 267 g/mol. The summed E-state index contributed by atoms with van der Waals surface area (Å²) in [6, 6.07) is 6.57. The number of amides is 1. The Kier molecular flexibility index (Phi) is 5.59. The van der Waals surface area contributed by atoms with Crippen molar-refractivity contribution < 1.29 is 9.18 Å². The Morgan fingerprint density at radius 3 is 2.38 bits per heavy atom. The third kappa shape index (κ3) is 4.45. The molecule has 2 rings (SSSR count). The molecule has 1 atom stereocenters. The molecule has 0 saturated carbocycles. The van der Waals surface area contributed by atoms with Gasteiger partial charge in [-0.25, -0.2) is 4.39 Å². The van der Waals surface area contributed by atoms with Gasteiger partial charge in [0.05, 0.1) is 0 Å². The molecule has 1 unspecified atom stereocenters. The van der Waals surface area contributed by atoms with E-state index in [1.165, 1.54) is 12.1 Å². The molecule has 1 aliphatic heterocycles. The van der Waals surface area contributed by atoms with Crippen LogP contribution in [-0.4, -0.2) is 37.0 Å². The lowest BCUT2D eigenvalue weighted by Gasteiger charge is -2.36. The molecule has 1 aromatic carbocycles. The number of carbonyl (C=O) groups is 1.